The van der Waals surface area contributed by atoms with Crippen molar-refractivity contribution in [2.45, 2.75) is 12.3 Å². The van der Waals surface area contributed by atoms with Gasteiger partial charge in [-0.05, 0) is 18.2 Å². The molecule has 1 aromatic rings. The molecule has 1 atom stereocenters. The number of hydrogen-bond donors (Lipinski definition) is 1. The van der Waals surface area contributed by atoms with E-state index in [2.05, 4.69) is 4.74 Å². The minimum Gasteiger partial charge on any atom is -0.480 e. The Morgan fingerprint density at radius 3 is 2.62 bits per heavy atom. The smallest absolute Gasteiger partial charge is 0.426 e. The van der Waals surface area contributed by atoms with Crippen LogP contribution in [0.5, 0.6) is 5.75 Å². The Morgan fingerprint density at radius 2 is 2.12 bits per heavy atom. The molecule has 3 nitrogen and oxygen atoms in total. The third-order valence-corrected chi connectivity index (χ3v) is 1.82. The average molecular weight is 230 g/mol. The van der Waals surface area contributed by atoms with Gasteiger partial charge in [-0.3, -0.25) is 0 Å². The Balaban J connectivity index is 2.83. The van der Waals surface area contributed by atoms with E-state index in [0.29, 0.717) is 0 Å². The van der Waals surface area contributed by atoms with Gasteiger partial charge in [0.2, 0.25) is 6.10 Å². The van der Waals surface area contributed by atoms with Gasteiger partial charge in [0, 0.05) is 6.54 Å². The monoisotopic (exact) mass is 230 g/mol. The van der Waals surface area contributed by atoms with E-state index < -0.39 is 18.8 Å². The van der Waals surface area contributed by atoms with Gasteiger partial charge in [-0.25, -0.2) is 0 Å². The molecule has 0 spiro atoms. The van der Waals surface area contributed by atoms with E-state index >= 15 is 0 Å². The number of nitrogens with zero attached hydrogens (tertiary/aromatic N) is 1. The lowest BCUT2D eigenvalue weighted by atomic mass is 10.2. The van der Waals surface area contributed by atoms with Gasteiger partial charge < -0.3 is 10.5 Å². The first-order chi connectivity index (χ1) is 7.47. The summed E-state index contributed by atoms with van der Waals surface area (Å²) in [6, 6.07) is 7.29. The summed E-state index contributed by atoms with van der Waals surface area (Å²) < 4.78 is 41.6. The Labute approximate surface area is 90.2 Å². The van der Waals surface area contributed by atoms with Gasteiger partial charge in [-0.15, -0.1) is 0 Å². The molecule has 0 saturated heterocycles. The highest BCUT2D eigenvalue weighted by atomic mass is 19.4. The second-order valence-corrected chi connectivity index (χ2v) is 3.02. The summed E-state index contributed by atoms with van der Waals surface area (Å²) in [6.07, 6.45) is -6.57. The normalized spacial score (nSPS) is 12.9. The van der Waals surface area contributed by atoms with Gasteiger partial charge in [0.15, 0.2) is 0 Å². The third kappa shape index (κ3) is 3.14. The first-order valence-corrected chi connectivity index (χ1v) is 4.41. The number of hydrogen-bond acceptors (Lipinski definition) is 3. The van der Waals surface area contributed by atoms with E-state index in [0.717, 1.165) is 0 Å². The number of nitriles is 1. The molecule has 2 N–H and O–H groups in total. The van der Waals surface area contributed by atoms with E-state index in [9.17, 15) is 13.2 Å². The summed E-state index contributed by atoms with van der Waals surface area (Å²) in [5, 5.41) is 8.56. The maximum Gasteiger partial charge on any atom is 0.426 e. The molecule has 0 aromatic heterocycles. The maximum absolute atomic E-state index is 12.3. The van der Waals surface area contributed by atoms with Crippen molar-refractivity contribution in [3.63, 3.8) is 0 Å². The van der Waals surface area contributed by atoms with E-state index in [1.807, 2.05) is 0 Å². The predicted octanol–water partition coefficient (Wildman–Crippen LogP) is 1.83. The van der Waals surface area contributed by atoms with Crippen LogP contribution < -0.4 is 10.5 Å². The number of ether oxygens (including phenoxy) is 1. The molecular formula is C10H9F3N2O. The molecule has 0 heterocycles. The summed E-state index contributed by atoms with van der Waals surface area (Å²) in [6.45, 7) is -0.666. The fraction of sp³-hybridized carbons (Fsp3) is 0.300. The van der Waals surface area contributed by atoms with Gasteiger partial charge in [0.05, 0.1) is 11.6 Å². The highest BCUT2D eigenvalue weighted by Gasteiger charge is 2.40. The Kier molecular flexibility index (Phi) is 3.74. The number of rotatable bonds is 3. The van der Waals surface area contributed by atoms with Crippen LogP contribution in [0, 0.1) is 11.3 Å². The van der Waals surface area contributed by atoms with Crippen molar-refractivity contribution in [2.24, 2.45) is 5.73 Å². The largest absolute Gasteiger partial charge is 0.480 e. The molecule has 0 radical (unpaired) electrons. The van der Waals surface area contributed by atoms with Crippen molar-refractivity contribution in [2.75, 3.05) is 6.54 Å². The van der Waals surface area contributed by atoms with Crippen molar-refractivity contribution >= 4 is 0 Å². The summed E-state index contributed by atoms with van der Waals surface area (Å²) in [7, 11) is 0. The first kappa shape index (κ1) is 12.3. The summed E-state index contributed by atoms with van der Waals surface area (Å²) in [5.41, 5.74) is 5.20. The lowest BCUT2D eigenvalue weighted by molar-refractivity contribution is -0.191. The summed E-state index contributed by atoms with van der Waals surface area (Å²) >= 11 is 0. The van der Waals surface area contributed by atoms with Gasteiger partial charge in [0.1, 0.15) is 5.75 Å². The van der Waals surface area contributed by atoms with E-state index in [-0.39, 0.29) is 11.3 Å². The molecule has 6 heteroatoms. The van der Waals surface area contributed by atoms with Crippen LogP contribution in [0.4, 0.5) is 13.2 Å². The van der Waals surface area contributed by atoms with Gasteiger partial charge >= 0.3 is 6.18 Å². The third-order valence-electron chi connectivity index (χ3n) is 1.82. The van der Waals surface area contributed by atoms with Crippen molar-refractivity contribution in [3.8, 4) is 11.8 Å². The zero-order valence-corrected chi connectivity index (χ0v) is 8.16. The fourth-order valence-corrected chi connectivity index (χ4v) is 1.05. The van der Waals surface area contributed by atoms with E-state index in [1.165, 1.54) is 24.3 Å². The Morgan fingerprint density at radius 1 is 1.44 bits per heavy atom. The fourth-order valence-electron chi connectivity index (χ4n) is 1.05. The van der Waals surface area contributed by atoms with E-state index in [1.54, 1.807) is 6.07 Å². The van der Waals surface area contributed by atoms with Crippen LogP contribution in [0.1, 0.15) is 5.56 Å². The van der Waals surface area contributed by atoms with Gasteiger partial charge in [0.25, 0.3) is 0 Å². The van der Waals surface area contributed by atoms with Crippen molar-refractivity contribution < 1.29 is 17.9 Å². The average Bonchev–Trinajstić information content (AvgIpc) is 2.24. The minimum atomic E-state index is -4.52. The highest BCUT2D eigenvalue weighted by Crippen LogP contribution is 2.24. The molecule has 0 saturated carbocycles. The summed E-state index contributed by atoms with van der Waals surface area (Å²) in [5.74, 6) is -0.0215. The molecule has 0 amide bonds. The molecule has 0 aliphatic carbocycles. The molecule has 1 unspecified atom stereocenters. The molecule has 1 rings (SSSR count). The lowest BCUT2D eigenvalue weighted by Gasteiger charge is -2.20. The molecule has 0 bridgehead atoms. The van der Waals surface area contributed by atoms with E-state index in [4.69, 9.17) is 11.0 Å². The SMILES string of the molecule is N#Cc1cccc(OC(CN)C(F)(F)F)c1. The van der Waals surface area contributed by atoms with Crippen LogP contribution in [0.3, 0.4) is 0 Å². The number of benzene rings is 1. The minimum absolute atomic E-state index is 0.0215. The zero-order valence-electron chi connectivity index (χ0n) is 8.16. The predicted molar refractivity (Wildman–Crippen MR) is 50.7 cm³/mol. The van der Waals surface area contributed by atoms with Crippen LogP contribution in [0.15, 0.2) is 24.3 Å². The van der Waals surface area contributed by atoms with Crippen molar-refractivity contribution in [1.29, 1.82) is 5.26 Å². The molecule has 16 heavy (non-hydrogen) atoms. The zero-order chi connectivity index (χ0) is 12.2. The molecule has 0 fully saturated rings. The van der Waals surface area contributed by atoms with Crippen LogP contribution in [-0.2, 0) is 0 Å². The summed E-state index contributed by atoms with van der Waals surface area (Å²) in [4.78, 5) is 0. The Hall–Kier alpha value is -1.74. The van der Waals surface area contributed by atoms with Gasteiger partial charge in [-0.1, -0.05) is 6.07 Å². The molecule has 86 valence electrons. The standard InChI is InChI=1S/C10H9F3N2O/c11-10(12,13)9(6-15)16-8-3-1-2-7(4-8)5-14/h1-4,9H,6,15H2. The lowest BCUT2D eigenvalue weighted by Crippen LogP contribution is -2.40. The van der Waals surface area contributed by atoms with Crippen LogP contribution in [0.25, 0.3) is 0 Å². The van der Waals surface area contributed by atoms with Crippen LogP contribution >= 0.6 is 0 Å². The first-order valence-electron chi connectivity index (χ1n) is 4.41. The molecule has 0 aliphatic heterocycles. The second kappa shape index (κ2) is 4.86. The quantitative estimate of drug-likeness (QED) is 0.861. The second-order valence-electron chi connectivity index (χ2n) is 3.02. The number of alkyl halides is 3. The number of halogens is 3. The highest BCUT2D eigenvalue weighted by molar-refractivity contribution is 5.36. The molecule has 1 aromatic carbocycles. The molecule has 0 aliphatic rings. The maximum atomic E-state index is 12.3. The number of nitrogens with two attached hydrogens (primary N) is 1. The molecular weight excluding hydrogens is 221 g/mol. The van der Waals surface area contributed by atoms with Crippen molar-refractivity contribution in [3.05, 3.63) is 29.8 Å². The van der Waals surface area contributed by atoms with Crippen LogP contribution in [0.2, 0.25) is 0 Å². The Bertz CT molecular complexity index is 398. The van der Waals surface area contributed by atoms with Gasteiger partial charge in [-0.2, -0.15) is 18.4 Å². The van der Waals surface area contributed by atoms with Crippen molar-refractivity contribution in [1.82, 2.24) is 0 Å². The topological polar surface area (TPSA) is 59.0 Å². The van der Waals surface area contributed by atoms with Crippen LogP contribution in [-0.4, -0.2) is 18.8 Å².